The topological polar surface area (TPSA) is 49.8 Å². The molecule has 1 amide bonds. The Morgan fingerprint density at radius 2 is 1.86 bits per heavy atom. The summed E-state index contributed by atoms with van der Waals surface area (Å²) in [7, 11) is 0. The summed E-state index contributed by atoms with van der Waals surface area (Å²) >= 11 is 0. The zero-order chi connectivity index (χ0) is 15.5. The van der Waals surface area contributed by atoms with Gasteiger partial charge in [-0.25, -0.2) is 4.79 Å². The lowest BCUT2D eigenvalue weighted by Gasteiger charge is -2.28. The highest BCUT2D eigenvalue weighted by Gasteiger charge is 2.34. The fraction of sp³-hybridized carbons (Fsp3) is 0.588. The predicted molar refractivity (Wildman–Crippen MR) is 82.0 cm³/mol. The summed E-state index contributed by atoms with van der Waals surface area (Å²) < 4.78 is 5.41. The van der Waals surface area contributed by atoms with Crippen molar-refractivity contribution in [2.75, 3.05) is 13.1 Å². The number of nitrogens with zero attached hydrogens (tertiary/aromatic N) is 1. The van der Waals surface area contributed by atoms with Gasteiger partial charge >= 0.3 is 6.09 Å². The number of ether oxygens (including phenoxy) is 1. The molecule has 1 aromatic carbocycles. The van der Waals surface area contributed by atoms with E-state index in [2.05, 4.69) is 0 Å². The highest BCUT2D eigenvalue weighted by Crippen LogP contribution is 2.32. The van der Waals surface area contributed by atoms with Gasteiger partial charge in [0.05, 0.1) is 5.60 Å². The number of likely N-dealkylation sites (tertiary alicyclic amines) is 1. The maximum atomic E-state index is 12.1. The van der Waals surface area contributed by atoms with Gasteiger partial charge < -0.3 is 14.7 Å². The van der Waals surface area contributed by atoms with Crippen molar-refractivity contribution in [2.45, 2.75) is 51.2 Å². The molecule has 21 heavy (non-hydrogen) atoms. The van der Waals surface area contributed by atoms with Crippen LogP contribution >= 0.6 is 0 Å². The van der Waals surface area contributed by atoms with Crippen LogP contribution in [-0.4, -0.2) is 34.8 Å². The molecule has 1 aromatic rings. The fourth-order valence-corrected chi connectivity index (χ4v) is 2.67. The molecule has 4 nitrogen and oxygen atoms in total. The molecule has 0 aromatic heterocycles. The predicted octanol–water partition coefficient (Wildman–Crippen LogP) is 3.30. The quantitative estimate of drug-likeness (QED) is 0.863. The first kappa shape index (κ1) is 15.8. The van der Waals surface area contributed by atoms with Crippen LogP contribution in [0.25, 0.3) is 0 Å². The molecule has 2 rings (SSSR count). The van der Waals surface area contributed by atoms with Crippen LogP contribution in [0.5, 0.6) is 0 Å². The summed E-state index contributed by atoms with van der Waals surface area (Å²) in [5.41, 5.74) is -0.409. The third-order valence-electron chi connectivity index (χ3n) is 3.78. The zero-order valence-electron chi connectivity index (χ0n) is 13.1. The number of hydrogen-bond donors (Lipinski definition) is 1. The van der Waals surface area contributed by atoms with Gasteiger partial charge in [0, 0.05) is 13.1 Å². The van der Waals surface area contributed by atoms with Crippen LogP contribution in [0, 0.1) is 0 Å². The second-order valence-corrected chi connectivity index (χ2v) is 6.72. The summed E-state index contributed by atoms with van der Waals surface area (Å²) in [4.78, 5) is 13.8. The largest absolute Gasteiger partial charge is 0.444 e. The lowest BCUT2D eigenvalue weighted by atomic mass is 9.87. The van der Waals surface area contributed by atoms with Crippen LogP contribution in [0.3, 0.4) is 0 Å². The Kier molecular flexibility index (Phi) is 4.57. The van der Waals surface area contributed by atoms with E-state index in [9.17, 15) is 9.90 Å². The van der Waals surface area contributed by atoms with E-state index in [4.69, 9.17) is 4.74 Å². The van der Waals surface area contributed by atoms with E-state index in [1.165, 1.54) is 0 Å². The summed E-state index contributed by atoms with van der Waals surface area (Å²) in [5.74, 6) is 0. The Morgan fingerprint density at radius 1 is 1.19 bits per heavy atom. The first-order valence-electron chi connectivity index (χ1n) is 7.56. The maximum Gasteiger partial charge on any atom is 0.410 e. The Hall–Kier alpha value is -1.55. The molecular formula is C17H25NO3. The number of hydrogen-bond acceptors (Lipinski definition) is 3. The monoisotopic (exact) mass is 291 g/mol. The number of carbonyl (C=O) groups is 1. The minimum atomic E-state index is -0.849. The van der Waals surface area contributed by atoms with E-state index >= 15 is 0 Å². The molecule has 0 unspecified atom stereocenters. The SMILES string of the molecule is CC(C)(C)OC(=O)N1CCC[C@@](O)(c2ccccc2)CC1. The number of amides is 1. The molecule has 1 heterocycles. The van der Waals surface area contributed by atoms with Crippen molar-refractivity contribution in [3.8, 4) is 0 Å². The summed E-state index contributed by atoms with van der Waals surface area (Å²) in [6.45, 7) is 6.74. The van der Waals surface area contributed by atoms with Crippen molar-refractivity contribution in [3.63, 3.8) is 0 Å². The molecule has 1 atom stereocenters. The van der Waals surface area contributed by atoms with Gasteiger partial charge in [0.15, 0.2) is 0 Å². The van der Waals surface area contributed by atoms with E-state index in [0.717, 1.165) is 12.0 Å². The third kappa shape index (κ3) is 4.21. The minimum Gasteiger partial charge on any atom is -0.444 e. The molecule has 1 fully saturated rings. The molecule has 0 spiro atoms. The second kappa shape index (κ2) is 6.06. The maximum absolute atomic E-state index is 12.1. The zero-order valence-corrected chi connectivity index (χ0v) is 13.1. The number of rotatable bonds is 1. The molecule has 4 heteroatoms. The number of benzene rings is 1. The van der Waals surface area contributed by atoms with Gasteiger partial charge in [0.2, 0.25) is 0 Å². The molecule has 116 valence electrons. The standard InChI is InChI=1S/C17H25NO3/c1-16(2,3)21-15(19)18-12-7-10-17(20,11-13-18)14-8-5-4-6-9-14/h4-6,8-9,20H,7,10-13H2,1-3H3/t17-/m0/s1. The van der Waals surface area contributed by atoms with Crippen molar-refractivity contribution in [1.82, 2.24) is 4.90 Å². The smallest absolute Gasteiger partial charge is 0.410 e. The van der Waals surface area contributed by atoms with E-state index < -0.39 is 11.2 Å². The Morgan fingerprint density at radius 3 is 2.48 bits per heavy atom. The lowest BCUT2D eigenvalue weighted by molar-refractivity contribution is 0.0128. The number of carbonyl (C=O) groups excluding carboxylic acids is 1. The van der Waals surface area contributed by atoms with E-state index in [0.29, 0.717) is 25.9 Å². The van der Waals surface area contributed by atoms with Crippen molar-refractivity contribution in [2.24, 2.45) is 0 Å². The molecular weight excluding hydrogens is 266 g/mol. The lowest BCUT2D eigenvalue weighted by Crippen LogP contribution is -2.38. The first-order chi connectivity index (χ1) is 9.80. The molecule has 0 radical (unpaired) electrons. The highest BCUT2D eigenvalue weighted by atomic mass is 16.6. The highest BCUT2D eigenvalue weighted by molar-refractivity contribution is 5.68. The molecule has 1 aliphatic rings. The molecule has 0 bridgehead atoms. The summed E-state index contributed by atoms with van der Waals surface area (Å²) in [5, 5.41) is 10.9. The van der Waals surface area contributed by atoms with Gasteiger partial charge in [-0.05, 0) is 45.6 Å². The Labute approximate surface area is 126 Å². The summed E-state index contributed by atoms with van der Waals surface area (Å²) in [6.07, 6.45) is 1.68. The van der Waals surface area contributed by atoms with Gasteiger partial charge in [-0.1, -0.05) is 30.3 Å². The van der Waals surface area contributed by atoms with E-state index in [1.54, 1.807) is 4.90 Å². The normalized spacial score (nSPS) is 23.5. The Bertz CT molecular complexity index is 481. The fourth-order valence-electron chi connectivity index (χ4n) is 2.67. The average molecular weight is 291 g/mol. The van der Waals surface area contributed by atoms with Crippen LogP contribution in [0.4, 0.5) is 4.79 Å². The Balaban J connectivity index is 2.04. The van der Waals surface area contributed by atoms with Crippen LogP contribution in [-0.2, 0) is 10.3 Å². The van der Waals surface area contributed by atoms with Gasteiger partial charge in [0.25, 0.3) is 0 Å². The van der Waals surface area contributed by atoms with Crippen LogP contribution < -0.4 is 0 Å². The third-order valence-corrected chi connectivity index (χ3v) is 3.78. The molecule has 1 N–H and O–H groups in total. The molecule has 0 aliphatic carbocycles. The van der Waals surface area contributed by atoms with Gasteiger partial charge in [-0.3, -0.25) is 0 Å². The van der Waals surface area contributed by atoms with Crippen molar-refractivity contribution in [1.29, 1.82) is 0 Å². The van der Waals surface area contributed by atoms with Gasteiger partial charge in [-0.2, -0.15) is 0 Å². The van der Waals surface area contributed by atoms with Crippen LogP contribution in [0.1, 0.15) is 45.6 Å². The van der Waals surface area contributed by atoms with Crippen LogP contribution in [0.2, 0.25) is 0 Å². The van der Waals surface area contributed by atoms with Crippen LogP contribution in [0.15, 0.2) is 30.3 Å². The summed E-state index contributed by atoms with van der Waals surface area (Å²) in [6, 6.07) is 9.70. The molecule has 1 saturated heterocycles. The van der Waals surface area contributed by atoms with Gasteiger partial charge in [-0.15, -0.1) is 0 Å². The second-order valence-electron chi connectivity index (χ2n) is 6.72. The first-order valence-corrected chi connectivity index (χ1v) is 7.56. The van der Waals surface area contributed by atoms with Gasteiger partial charge in [0.1, 0.15) is 5.60 Å². The molecule has 0 saturated carbocycles. The van der Waals surface area contributed by atoms with Crippen molar-refractivity contribution in [3.05, 3.63) is 35.9 Å². The van der Waals surface area contributed by atoms with Crippen molar-refractivity contribution >= 4 is 6.09 Å². The van der Waals surface area contributed by atoms with E-state index in [1.807, 2.05) is 51.1 Å². The number of aliphatic hydroxyl groups is 1. The minimum absolute atomic E-state index is 0.292. The molecule has 1 aliphatic heterocycles. The average Bonchev–Trinajstić information content (AvgIpc) is 2.61. The van der Waals surface area contributed by atoms with E-state index in [-0.39, 0.29) is 6.09 Å². The van der Waals surface area contributed by atoms with Crippen molar-refractivity contribution < 1.29 is 14.6 Å².